The molecule has 1 heterocycles. The summed E-state index contributed by atoms with van der Waals surface area (Å²) in [4.78, 5) is 24.4. The number of carbonyl (C=O) groups excluding carboxylic acids is 1. The molecule has 1 N–H and O–H groups in total. The van der Waals surface area contributed by atoms with Crippen molar-refractivity contribution in [2.24, 2.45) is 5.92 Å². The van der Waals surface area contributed by atoms with Gasteiger partial charge in [-0.05, 0) is 66.0 Å². The molecule has 0 aromatic heterocycles. The van der Waals surface area contributed by atoms with Crippen molar-refractivity contribution in [3.05, 3.63) is 39.5 Å². The van der Waals surface area contributed by atoms with E-state index in [1.807, 2.05) is 6.92 Å². The summed E-state index contributed by atoms with van der Waals surface area (Å²) < 4.78 is 0. The van der Waals surface area contributed by atoms with E-state index in [-0.39, 0.29) is 6.42 Å². The molecule has 4 heteroatoms. The van der Waals surface area contributed by atoms with Crippen LogP contribution in [0.5, 0.6) is 0 Å². The molecule has 0 spiro atoms. The highest BCUT2D eigenvalue weighted by Crippen LogP contribution is 2.35. The molecule has 1 aromatic carbocycles. The minimum Gasteiger partial charge on any atom is -0.481 e. The Labute approximate surface area is 149 Å². The summed E-state index contributed by atoms with van der Waals surface area (Å²) in [6, 6.07) is 0. The maximum atomic E-state index is 11.4. The first-order chi connectivity index (χ1) is 12.0. The monoisotopic (exact) mass is 341 g/mol. The van der Waals surface area contributed by atoms with E-state index in [0.717, 1.165) is 34.2 Å². The number of amides is 1. The Bertz CT molecular complexity index is 715. The lowest BCUT2D eigenvalue weighted by Crippen LogP contribution is -2.13. The number of carbonyl (C=O) groups is 2. The Balaban J connectivity index is 2.03. The van der Waals surface area contributed by atoms with Crippen molar-refractivity contribution in [2.45, 2.75) is 65.5 Å². The van der Waals surface area contributed by atoms with Gasteiger partial charge in [-0.1, -0.05) is 31.4 Å². The average molecular weight is 341 g/mol. The van der Waals surface area contributed by atoms with Crippen LogP contribution in [0.1, 0.15) is 65.5 Å². The Morgan fingerprint density at radius 2 is 1.76 bits per heavy atom. The lowest BCUT2D eigenvalue weighted by Gasteiger charge is -2.20. The fraction of sp³-hybridized carbons (Fsp3) is 0.524. The van der Waals surface area contributed by atoms with Crippen LogP contribution >= 0.6 is 0 Å². The number of hydrogen-bond donors (Lipinski definition) is 1. The van der Waals surface area contributed by atoms with Crippen LogP contribution < -0.4 is 0 Å². The van der Waals surface area contributed by atoms with Crippen molar-refractivity contribution in [1.29, 1.82) is 0 Å². The van der Waals surface area contributed by atoms with Crippen molar-refractivity contribution in [1.82, 2.24) is 4.90 Å². The summed E-state index contributed by atoms with van der Waals surface area (Å²) in [6.07, 6.45) is 11.7. The van der Waals surface area contributed by atoms with Crippen LogP contribution in [0, 0.1) is 19.8 Å². The smallest absolute Gasteiger partial charge is 0.307 e. The second-order valence-corrected chi connectivity index (χ2v) is 7.44. The molecule has 0 atom stereocenters. The number of aliphatic carboxylic acids is 1. The van der Waals surface area contributed by atoms with Gasteiger partial charge >= 0.3 is 5.97 Å². The van der Waals surface area contributed by atoms with Crippen LogP contribution in [-0.4, -0.2) is 22.4 Å². The van der Waals surface area contributed by atoms with Gasteiger partial charge in [0.25, 0.3) is 0 Å². The number of carboxylic acid groups (broad SMARTS) is 1. The fourth-order valence-corrected chi connectivity index (χ4v) is 4.35. The van der Waals surface area contributed by atoms with Crippen molar-refractivity contribution in [2.75, 3.05) is 0 Å². The number of benzene rings is 1. The Kier molecular flexibility index (Phi) is 5.26. The zero-order chi connectivity index (χ0) is 18.0. The summed E-state index contributed by atoms with van der Waals surface area (Å²) in [6.45, 7) is 5.29. The van der Waals surface area contributed by atoms with Gasteiger partial charge in [-0.3, -0.25) is 9.59 Å². The van der Waals surface area contributed by atoms with Crippen molar-refractivity contribution in [3.63, 3.8) is 0 Å². The molecule has 4 nitrogen and oxygen atoms in total. The first-order valence-corrected chi connectivity index (χ1v) is 9.24. The van der Waals surface area contributed by atoms with Crippen LogP contribution in [0.3, 0.4) is 0 Å². The lowest BCUT2D eigenvalue weighted by molar-refractivity contribution is -0.136. The molecule has 0 radical (unpaired) electrons. The molecule has 134 valence electrons. The zero-order valence-electron chi connectivity index (χ0n) is 15.2. The third-order valence-corrected chi connectivity index (χ3v) is 5.84. The number of nitrogens with zero attached hydrogens (tertiary/aromatic N) is 1. The molecule has 1 fully saturated rings. The largest absolute Gasteiger partial charge is 0.481 e. The van der Waals surface area contributed by atoms with Crippen LogP contribution in [0.25, 0.3) is 6.08 Å². The Morgan fingerprint density at radius 3 is 2.36 bits per heavy atom. The van der Waals surface area contributed by atoms with Crippen LogP contribution in [-0.2, 0) is 29.1 Å². The third kappa shape index (κ3) is 3.63. The number of allylic oxidation sites excluding steroid dienone is 1. The van der Waals surface area contributed by atoms with Crippen LogP contribution in [0.15, 0.2) is 6.08 Å². The van der Waals surface area contributed by atoms with Gasteiger partial charge in [0.05, 0.1) is 6.42 Å². The number of rotatable bonds is 5. The standard InChI is InChI=1S/C21H27NO3/c1-14-17(9-8-16-6-4-3-5-7-16)18(10-21(24)25)15(2)20-12-22(13-23)11-19(14)20/h8-9,13,16H,3-7,10-12H2,1-2H3,(H,24,25)/b9-8+. The minimum atomic E-state index is -0.806. The van der Waals surface area contributed by atoms with Crippen molar-refractivity contribution >= 4 is 18.5 Å². The van der Waals surface area contributed by atoms with Gasteiger partial charge in [0.15, 0.2) is 0 Å². The van der Waals surface area contributed by atoms with Gasteiger partial charge in [-0.15, -0.1) is 0 Å². The summed E-state index contributed by atoms with van der Waals surface area (Å²) in [5.41, 5.74) is 6.46. The van der Waals surface area contributed by atoms with Crippen molar-refractivity contribution in [3.8, 4) is 0 Å². The van der Waals surface area contributed by atoms with E-state index >= 15 is 0 Å². The fourth-order valence-electron chi connectivity index (χ4n) is 4.35. The predicted molar refractivity (Wildman–Crippen MR) is 98.2 cm³/mol. The Morgan fingerprint density at radius 1 is 1.12 bits per heavy atom. The predicted octanol–water partition coefficient (Wildman–Crippen LogP) is 4.00. The molecule has 1 saturated carbocycles. The highest BCUT2D eigenvalue weighted by Gasteiger charge is 2.26. The quantitative estimate of drug-likeness (QED) is 0.824. The third-order valence-electron chi connectivity index (χ3n) is 5.84. The molecule has 1 aromatic rings. The maximum absolute atomic E-state index is 11.4. The average Bonchev–Trinajstić information content (AvgIpc) is 3.04. The highest BCUT2D eigenvalue weighted by atomic mass is 16.4. The van der Waals surface area contributed by atoms with E-state index in [2.05, 4.69) is 19.1 Å². The van der Waals surface area contributed by atoms with Gasteiger partial charge in [0, 0.05) is 13.1 Å². The van der Waals surface area contributed by atoms with Crippen LogP contribution in [0.4, 0.5) is 0 Å². The minimum absolute atomic E-state index is 0.0331. The topological polar surface area (TPSA) is 57.6 Å². The number of fused-ring (bicyclic) bond motifs is 1. The molecule has 2 aliphatic rings. The molecule has 3 rings (SSSR count). The van der Waals surface area contributed by atoms with E-state index < -0.39 is 5.97 Å². The molecular formula is C21H27NO3. The summed E-state index contributed by atoms with van der Waals surface area (Å²) in [7, 11) is 0. The van der Waals surface area contributed by atoms with E-state index in [9.17, 15) is 14.7 Å². The first kappa shape index (κ1) is 17.7. The molecule has 1 aliphatic heterocycles. The lowest BCUT2D eigenvalue weighted by atomic mass is 9.85. The molecule has 1 amide bonds. The van der Waals surface area contributed by atoms with Gasteiger partial charge < -0.3 is 10.0 Å². The van der Waals surface area contributed by atoms with E-state index in [1.165, 1.54) is 37.7 Å². The zero-order valence-corrected chi connectivity index (χ0v) is 15.2. The molecule has 0 saturated heterocycles. The van der Waals surface area contributed by atoms with Gasteiger partial charge in [-0.25, -0.2) is 0 Å². The van der Waals surface area contributed by atoms with Gasteiger partial charge in [-0.2, -0.15) is 0 Å². The summed E-state index contributed by atoms with van der Waals surface area (Å²) in [5, 5.41) is 9.38. The number of hydrogen-bond acceptors (Lipinski definition) is 2. The van der Waals surface area contributed by atoms with E-state index in [0.29, 0.717) is 19.0 Å². The maximum Gasteiger partial charge on any atom is 0.307 e. The highest BCUT2D eigenvalue weighted by molar-refractivity contribution is 5.76. The molecule has 0 bridgehead atoms. The Hall–Kier alpha value is -2.10. The molecule has 0 unspecified atom stereocenters. The summed E-state index contributed by atoms with van der Waals surface area (Å²) in [5.74, 6) is -0.203. The van der Waals surface area contributed by atoms with Gasteiger partial charge in [0.1, 0.15) is 0 Å². The molecule has 1 aliphatic carbocycles. The second-order valence-electron chi connectivity index (χ2n) is 7.44. The molecule has 25 heavy (non-hydrogen) atoms. The first-order valence-electron chi connectivity index (χ1n) is 9.24. The number of carboxylic acids is 1. The van der Waals surface area contributed by atoms with Crippen molar-refractivity contribution < 1.29 is 14.7 Å². The normalized spacial score (nSPS) is 17.9. The van der Waals surface area contributed by atoms with E-state index in [1.54, 1.807) is 4.90 Å². The molecular weight excluding hydrogens is 314 g/mol. The van der Waals surface area contributed by atoms with Gasteiger partial charge in [0.2, 0.25) is 6.41 Å². The van der Waals surface area contributed by atoms with E-state index in [4.69, 9.17) is 0 Å². The second kappa shape index (κ2) is 7.42. The van der Waals surface area contributed by atoms with Crippen LogP contribution in [0.2, 0.25) is 0 Å². The SMILES string of the molecule is Cc1c(/C=C/C2CCCCC2)c(CC(=O)O)c(C)c2c1CN(C=O)C2. The summed E-state index contributed by atoms with van der Waals surface area (Å²) >= 11 is 0.